The van der Waals surface area contributed by atoms with E-state index >= 15 is 0 Å². The van der Waals surface area contributed by atoms with Crippen molar-refractivity contribution in [2.24, 2.45) is 0 Å². The molecule has 382 valence electrons. The zero-order chi connectivity index (χ0) is 53.8. The van der Waals surface area contributed by atoms with Gasteiger partial charge in [-0.05, 0) is 116 Å². The predicted octanol–water partition coefficient (Wildman–Crippen LogP) is 20.3. The van der Waals surface area contributed by atoms with Crippen LogP contribution in [-0.2, 0) is 0 Å². The molecule has 3 aliphatic rings. The Kier molecular flexibility index (Phi) is 10.8. The van der Waals surface area contributed by atoms with Gasteiger partial charge >= 0.3 is 0 Å². The largest absolute Gasteiger partial charge is 0.228 e. The molecule has 4 nitrogen and oxygen atoms in total. The van der Waals surface area contributed by atoms with Crippen LogP contribution in [-0.4, -0.2) is 19.9 Å². The van der Waals surface area contributed by atoms with Crippen molar-refractivity contribution >= 4 is 63.0 Å². The highest BCUT2D eigenvalue weighted by Gasteiger charge is 2.41. The lowest BCUT2D eigenvalue weighted by Crippen LogP contribution is -2.27. The summed E-state index contributed by atoms with van der Waals surface area (Å²) in [6, 6.07) is 96.8. The summed E-state index contributed by atoms with van der Waals surface area (Å²) in [5.74, 6) is 1.44. The molecule has 2 unspecified atom stereocenters. The number of nitrogens with zero attached hydrogens (tertiary/aromatic N) is 4. The van der Waals surface area contributed by atoms with E-state index in [1.807, 2.05) is 22.7 Å². The van der Waals surface area contributed by atoms with Gasteiger partial charge in [0.15, 0.2) is 11.6 Å². The van der Waals surface area contributed by atoms with Crippen molar-refractivity contribution in [3.63, 3.8) is 0 Å². The van der Waals surface area contributed by atoms with E-state index in [0.29, 0.717) is 11.6 Å². The molecule has 18 rings (SSSR count). The Labute approximate surface area is 482 Å². The predicted molar refractivity (Wildman–Crippen MR) is 342 cm³/mol. The summed E-state index contributed by atoms with van der Waals surface area (Å²) in [6.45, 7) is 0. The minimum atomic E-state index is 0.0178. The first-order valence-electron chi connectivity index (χ1n) is 27.9. The monoisotopic (exact) mass is 1080 g/mol. The molecule has 0 fully saturated rings. The number of hydrogen-bond donors (Lipinski definition) is 0. The number of thiophene rings is 2. The number of aromatic nitrogens is 4. The molecule has 82 heavy (non-hydrogen) atoms. The fourth-order valence-corrected chi connectivity index (χ4v) is 15.4. The third-order valence-electron chi connectivity index (χ3n) is 16.9. The molecule has 2 atom stereocenters. The van der Waals surface area contributed by atoms with Gasteiger partial charge < -0.3 is 0 Å². The Morgan fingerprint density at radius 1 is 0.232 bits per heavy atom. The van der Waals surface area contributed by atoms with Gasteiger partial charge in [-0.15, -0.1) is 22.7 Å². The quantitative estimate of drug-likeness (QED) is 0.152. The van der Waals surface area contributed by atoms with E-state index in [1.165, 1.54) is 84.9 Å². The van der Waals surface area contributed by atoms with Crippen LogP contribution in [0.25, 0.3) is 130 Å². The third kappa shape index (κ3) is 7.63. The average molecular weight is 1080 g/mol. The van der Waals surface area contributed by atoms with Crippen molar-refractivity contribution in [2.45, 2.75) is 11.8 Å². The first kappa shape index (κ1) is 46.9. The molecule has 0 saturated carbocycles. The molecule has 2 bridgehead atoms. The Hall–Kier alpha value is -9.98. The maximum atomic E-state index is 5.46. The van der Waals surface area contributed by atoms with Gasteiger partial charge in [0.1, 0.15) is 0 Å². The third-order valence-corrected chi connectivity index (χ3v) is 19.2. The molecule has 0 spiro atoms. The number of benzene rings is 11. The Morgan fingerprint density at radius 3 is 1.05 bits per heavy atom. The molecule has 0 saturated heterocycles. The molecule has 11 aromatic carbocycles. The fraction of sp³-hybridized carbons (Fsp3) is 0.0263. The number of hydrogen-bond acceptors (Lipinski definition) is 6. The lowest BCUT2D eigenvalue weighted by atomic mass is 9.61. The van der Waals surface area contributed by atoms with Crippen LogP contribution in [0, 0.1) is 0 Å². The van der Waals surface area contributed by atoms with Crippen molar-refractivity contribution < 1.29 is 0 Å². The van der Waals surface area contributed by atoms with E-state index in [1.54, 1.807) is 0 Å². The van der Waals surface area contributed by atoms with E-state index < -0.39 is 0 Å². The summed E-state index contributed by atoms with van der Waals surface area (Å²) in [5, 5.41) is 5.17. The number of rotatable bonds is 8. The second kappa shape index (κ2) is 18.8. The average Bonchev–Trinajstić information content (AvgIpc) is 1.51. The van der Waals surface area contributed by atoms with Crippen LogP contribution in [0.1, 0.15) is 45.2 Å². The zero-order valence-electron chi connectivity index (χ0n) is 44.2. The topological polar surface area (TPSA) is 51.6 Å². The molecule has 3 aliphatic carbocycles. The first-order chi connectivity index (χ1) is 40.6. The summed E-state index contributed by atoms with van der Waals surface area (Å²) in [7, 11) is 0. The first-order valence-corrected chi connectivity index (χ1v) is 29.5. The van der Waals surface area contributed by atoms with Crippen LogP contribution < -0.4 is 0 Å². The second-order valence-corrected chi connectivity index (χ2v) is 23.7. The summed E-state index contributed by atoms with van der Waals surface area (Å²) in [6.07, 6.45) is 0. The SMILES string of the molecule is c1ccc(-c2cc(-c3cccc(-c4cccc5sc6ccccc6c45)c3)nc(-c3ccc4c(c3)C3c5ccccc5C4c4cc(-c5nc(-c6ccccc6)cc(-c6cccc(-c7cccc8sc9ccccc9c78)c6)n5)ccc43)n2)cc1. The molecule has 0 radical (unpaired) electrons. The fourth-order valence-electron chi connectivity index (χ4n) is 13.2. The summed E-state index contributed by atoms with van der Waals surface area (Å²) < 4.78 is 5.18. The minimum Gasteiger partial charge on any atom is -0.228 e. The maximum Gasteiger partial charge on any atom is 0.160 e. The molecule has 0 aliphatic heterocycles. The zero-order valence-corrected chi connectivity index (χ0v) is 45.8. The van der Waals surface area contributed by atoms with Gasteiger partial charge in [-0.25, -0.2) is 19.9 Å². The summed E-state index contributed by atoms with van der Waals surface area (Å²) >= 11 is 3.70. The maximum absolute atomic E-state index is 5.46. The van der Waals surface area contributed by atoms with E-state index in [0.717, 1.165) is 67.3 Å². The minimum absolute atomic E-state index is 0.0178. The second-order valence-electron chi connectivity index (χ2n) is 21.6. The Balaban J connectivity index is 0.769. The lowest BCUT2D eigenvalue weighted by molar-refractivity contribution is 0.754. The molecule has 0 N–H and O–H groups in total. The molecule has 4 aromatic heterocycles. The summed E-state index contributed by atoms with van der Waals surface area (Å²) in [4.78, 5) is 21.7. The van der Waals surface area contributed by atoms with Crippen LogP contribution in [0.2, 0.25) is 0 Å². The van der Waals surface area contributed by atoms with E-state index in [4.69, 9.17) is 19.9 Å². The molecule has 6 heteroatoms. The molecular weight excluding hydrogens is 1030 g/mol. The van der Waals surface area contributed by atoms with Crippen LogP contribution in [0.5, 0.6) is 0 Å². The van der Waals surface area contributed by atoms with Gasteiger partial charge in [0.25, 0.3) is 0 Å². The highest BCUT2D eigenvalue weighted by atomic mass is 32.1. The highest BCUT2D eigenvalue weighted by Crippen LogP contribution is 2.57. The Bertz CT molecular complexity index is 4760. The van der Waals surface area contributed by atoms with Gasteiger partial charge in [0, 0.05) is 85.6 Å². The van der Waals surface area contributed by atoms with Crippen LogP contribution in [0.4, 0.5) is 0 Å². The van der Waals surface area contributed by atoms with Crippen molar-refractivity contribution in [3.8, 4) is 90.1 Å². The van der Waals surface area contributed by atoms with E-state index in [2.05, 4.69) is 267 Å². The van der Waals surface area contributed by atoms with Gasteiger partial charge in [-0.2, -0.15) is 0 Å². The molecule has 15 aromatic rings. The van der Waals surface area contributed by atoms with Gasteiger partial charge in [-0.3, -0.25) is 0 Å². The van der Waals surface area contributed by atoms with Crippen molar-refractivity contribution in [1.82, 2.24) is 19.9 Å². The van der Waals surface area contributed by atoms with Gasteiger partial charge in [0.05, 0.1) is 22.8 Å². The van der Waals surface area contributed by atoms with Crippen LogP contribution in [0.15, 0.2) is 267 Å². The van der Waals surface area contributed by atoms with E-state index in [9.17, 15) is 0 Å². The normalized spacial score (nSPS) is 14.1. The van der Waals surface area contributed by atoms with Crippen molar-refractivity contribution in [3.05, 3.63) is 300 Å². The standard InChI is InChI=1S/C76H46N4S2/c1-3-17-45(18-4-1)63-43-65(49-23-13-21-47(39-49)53-29-15-33-69-73(53)59-27-9-11-31-67(59)81-69)79-75(77-63)51-35-37-57-61(41-51)71-55-25-7-8-26-56(55)72(57)62-42-52(36-38-58(62)71)76-78-64(46-19-5-2-6-20-46)44-66(80-76)50-24-14-22-48(40-50)54-30-16-34-70-74(54)60-28-10-12-32-68(60)82-70/h1-44,71-72H. The molecular formula is C76H46N4S2. The van der Waals surface area contributed by atoms with Crippen LogP contribution in [0.3, 0.4) is 0 Å². The Morgan fingerprint density at radius 2 is 0.585 bits per heavy atom. The smallest absolute Gasteiger partial charge is 0.160 e. The molecule has 4 heterocycles. The van der Waals surface area contributed by atoms with Crippen LogP contribution >= 0.6 is 22.7 Å². The molecule has 0 amide bonds. The van der Waals surface area contributed by atoms with Gasteiger partial charge in [0.2, 0.25) is 0 Å². The number of fused-ring (bicyclic) bond motifs is 6. The van der Waals surface area contributed by atoms with E-state index in [-0.39, 0.29) is 11.8 Å². The summed E-state index contributed by atoms with van der Waals surface area (Å²) in [5.41, 5.74) is 22.4. The highest BCUT2D eigenvalue weighted by molar-refractivity contribution is 7.26. The lowest BCUT2D eigenvalue weighted by Gasteiger charge is -2.42. The van der Waals surface area contributed by atoms with Gasteiger partial charge in [-0.1, -0.05) is 206 Å². The van der Waals surface area contributed by atoms with Crippen molar-refractivity contribution in [2.75, 3.05) is 0 Å². The van der Waals surface area contributed by atoms with Crippen molar-refractivity contribution in [1.29, 1.82) is 0 Å².